The van der Waals surface area contributed by atoms with Crippen LogP contribution in [-0.4, -0.2) is 153 Å². The Kier molecular flexibility index (Phi) is 22.9. The van der Waals surface area contributed by atoms with Crippen molar-refractivity contribution in [1.82, 2.24) is 52.3 Å². The third kappa shape index (κ3) is 17.8. The molecule has 0 saturated carbocycles. The van der Waals surface area contributed by atoms with Gasteiger partial charge < -0.3 is 57.4 Å². The molecule has 79 heavy (non-hydrogen) atoms. The van der Waals surface area contributed by atoms with E-state index in [1.165, 1.54) is 16.7 Å². The first-order valence-electron chi connectivity index (χ1n) is 27.7. The molecule has 10 atom stereocenters. The number of carbonyl (C=O) groups excluding carboxylic acids is 10. The number of hydrogen-bond acceptors (Lipinski definition) is 11. The number of fused-ring (bicyclic) bond motifs is 2. The normalized spacial score (nSPS) is 27.1. The summed E-state index contributed by atoms with van der Waals surface area (Å²) in [5.41, 5.74) is 1.34. The van der Waals surface area contributed by atoms with Crippen LogP contribution in [0.1, 0.15) is 118 Å². The Morgan fingerprint density at radius 1 is 0.468 bits per heavy atom. The minimum absolute atomic E-state index is 0.00183. The van der Waals surface area contributed by atoms with Crippen LogP contribution in [0.15, 0.2) is 60.7 Å². The van der Waals surface area contributed by atoms with Crippen molar-refractivity contribution >= 4 is 65.0 Å². The summed E-state index contributed by atoms with van der Waals surface area (Å²) in [4.78, 5) is 158. The van der Waals surface area contributed by atoms with Gasteiger partial charge in [-0.25, -0.2) is 0 Å². The molecule has 0 radical (unpaired) electrons. The minimum atomic E-state index is -1.76. The van der Waals surface area contributed by atoms with Crippen molar-refractivity contribution in [3.63, 3.8) is 0 Å². The highest BCUT2D eigenvalue weighted by Gasteiger charge is 2.43. The molecule has 9 N–H and O–H groups in total. The van der Waals surface area contributed by atoms with Gasteiger partial charge in [0.05, 0.1) is 6.42 Å². The molecule has 0 aliphatic carbocycles. The number of carboxylic acids is 1. The lowest BCUT2D eigenvalue weighted by Crippen LogP contribution is -2.62. The van der Waals surface area contributed by atoms with Crippen molar-refractivity contribution in [1.29, 1.82) is 0 Å². The van der Waals surface area contributed by atoms with E-state index in [4.69, 9.17) is 0 Å². The van der Waals surface area contributed by atoms with Gasteiger partial charge in [0.1, 0.15) is 60.4 Å². The standard InChI is InChI=1S/C57H82N10O12/c1-31(2)26-38-49(71)62-41(28-36-18-12-10-13-19-36)56(78)67-25-17-23-44(67)53(75)65-47(34(7)8)55(77)61-40(30-45(68)69)51(73)60-39(27-32(3)4)50(72)63-42(29-37-20-14-11-15-21-37)57(79)66-24-16-22-43(66)52(74)64-46(33(5)6)54(76)58-35(9)48(70)59-38/h10-15,18-21,31-35,38-44,46-47H,16-17,22-30H2,1-9H3,(H,58,76)(H,59,70)(H,60,73)(H,61,77)(H,62,71)(H,63,72)(H,64,74)(H,65,75)(H,68,69)/t35-,38-,39-,40-,41+,42+,43-,44-,46-,47-/m0/s1. The van der Waals surface area contributed by atoms with Gasteiger partial charge in [-0.2, -0.15) is 0 Å². The summed E-state index contributed by atoms with van der Waals surface area (Å²) in [5.74, 6) is -10.4. The first-order valence-corrected chi connectivity index (χ1v) is 27.7. The van der Waals surface area contributed by atoms with E-state index in [2.05, 4.69) is 42.5 Å². The predicted molar refractivity (Wildman–Crippen MR) is 292 cm³/mol. The van der Waals surface area contributed by atoms with Gasteiger partial charge in [-0.1, -0.05) is 116 Å². The molecule has 0 spiro atoms. The first kappa shape index (κ1) is 62.5. The number of carboxylic acid groups (broad SMARTS) is 1. The molecular weight excluding hydrogens is 1020 g/mol. The third-order valence-electron chi connectivity index (χ3n) is 14.4. The Bertz CT molecular complexity index is 2510. The van der Waals surface area contributed by atoms with Crippen LogP contribution in [0.3, 0.4) is 0 Å². The van der Waals surface area contributed by atoms with Crippen LogP contribution in [0, 0.1) is 23.7 Å². The zero-order chi connectivity index (χ0) is 58.2. The number of aliphatic carboxylic acids is 1. The van der Waals surface area contributed by atoms with Crippen LogP contribution in [0.2, 0.25) is 0 Å². The Morgan fingerprint density at radius 3 is 1.20 bits per heavy atom. The maximum atomic E-state index is 14.8. The van der Waals surface area contributed by atoms with Gasteiger partial charge in [0.15, 0.2) is 0 Å². The van der Waals surface area contributed by atoms with Crippen molar-refractivity contribution in [2.45, 2.75) is 181 Å². The summed E-state index contributed by atoms with van der Waals surface area (Å²) in [7, 11) is 0. The second-order valence-corrected chi connectivity index (χ2v) is 22.6. The van der Waals surface area contributed by atoms with Gasteiger partial charge in [-0.15, -0.1) is 0 Å². The molecule has 432 valence electrons. The number of benzene rings is 2. The second kappa shape index (κ2) is 29.0. The SMILES string of the molecule is CC(C)C[C@@H]1NC(=O)[C@H](C)NC(=O)[C@H](C(C)C)NC(=O)[C@@H]2CCCN2C(=O)[C@@H](Cc2ccccc2)NC(=O)[C@H](CC(C)C)NC(=O)[C@H](CC(=O)O)NC(=O)[C@H](C(C)C)NC(=O)[C@@H]2CCCN2C(=O)[C@@H](Cc2ccccc2)NC1=O. The Labute approximate surface area is 462 Å². The Hall–Kier alpha value is -7.39. The second-order valence-electron chi connectivity index (χ2n) is 22.6. The molecule has 3 saturated heterocycles. The largest absolute Gasteiger partial charge is 0.481 e. The molecule has 2 aromatic rings. The lowest BCUT2D eigenvalue weighted by Gasteiger charge is -2.32. The van der Waals surface area contributed by atoms with E-state index in [0.29, 0.717) is 24.0 Å². The highest BCUT2D eigenvalue weighted by molar-refractivity contribution is 6.00. The molecule has 0 aromatic heterocycles. The Balaban J connectivity index is 1.56. The molecule has 3 aliphatic rings. The number of carbonyl (C=O) groups is 11. The number of rotatable bonds is 12. The van der Waals surface area contributed by atoms with Gasteiger partial charge in [0.2, 0.25) is 59.1 Å². The first-order chi connectivity index (χ1) is 37.3. The van der Waals surface area contributed by atoms with Gasteiger partial charge in [0.25, 0.3) is 0 Å². The van der Waals surface area contributed by atoms with Crippen LogP contribution >= 0.6 is 0 Å². The summed E-state index contributed by atoms with van der Waals surface area (Å²) < 4.78 is 0. The topological polar surface area (TPSA) is 311 Å². The summed E-state index contributed by atoms with van der Waals surface area (Å²) >= 11 is 0. The maximum absolute atomic E-state index is 14.8. The number of nitrogens with one attached hydrogen (secondary N) is 8. The van der Waals surface area contributed by atoms with Crippen molar-refractivity contribution in [3.8, 4) is 0 Å². The van der Waals surface area contributed by atoms with Crippen LogP contribution in [0.4, 0.5) is 0 Å². The number of nitrogens with zero attached hydrogens (tertiary/aromatic N) is 2. The van der Waals surface area contributed by atoms with Crippen LogP contribution in [-0.2, 0) is 65.6 Å². The summed E-state index contributed by atoms with van der Waals surface area (Å²) in [5, 5.41) is 31.7. The van der Waals surface area contributed by atoms with E-state index in [0.717, 1.165) is 0 Å². The monoisotopic (exact) mass is 1100 g/mol. The van der Waals surface area contributed by atoms with Crippen molar-refractivity contribution in [3.05, 3.63) is 71.8 Å². The van der Waals surface area contributed by atoms with E-state index in [-0.39, 0.29) is 63.5 Å². The van der Waals surface area contributed by atoms with Gasteiger partial charge in [-0.3, -0.25) is 52.7 Å². The fourth-order valence-electron chi connectivity index (χ4n) is 10.2. The molecule has 3 aliphatic heterocycles. The molecular formula is C57H82N10O12. The van der Waals surface area contributed by atoms with E-state index in [9.17, 15) is 57.8 Å². The number of hydrogen-bond donors (Lipinski definition) is 9. The number of amides is 10. The van der Waals surface area contributed by atoms with Crippen molar-refractivity contribution in [2.24, 2.45) is 23.7 Å². The molecule has 22 heteroatoms. The van der Waals surface area contributed by atoms with Crippen molar-refractivity contribution < 1.29 is 57.8 Å². The summed E-state index contributed by atoms with van der Waals surface area (Å²) in [6, 6.07) is 4.87. The molecule has 2 aromatic carbocycles. The lowest BCUT2D eigenvalue weighted by molar-refractivity contribution is -0.144. The maximum Gasteiger partial charge on any atom is 0.305 e. The van der Waals surface area contributed by atoms with Crippen LogP contribution < -0.4 is 42.5 Å². The lowest BCUT2D eigenvalue weighted by atomic mass is 9.99. The molecule has 10 amide bonds. The quantitative estimate of drug-likeness (QED) is 0.145. The van der Waals surface area contributed by atoms with E-state index in [1.54, 1.807) is 102 Å². The minimum Gasteiger partial charge on any atom is -0.481 e. The highest BCUT2D eigenvalue weighted by Crippen LogP contribution is 2.23. The smallest absolute Gasteiger partial charge is 0.305 e. The molecule has 22 nitrogen and oxygen atoms in total. The van der Waals surface area contributed by atoms with Gasteiger partial charge >= 0.3 is 5.97 Å². The summed E-state index contributed by atoms with van der Waals surface area (Å²) in [6.07, 6.45) is 0.386. The fourth-order valence-corrected chi connectivity index (χ4v) is 10.2. The zero-order valence-corrected chi connectivity index (χ0v) is 47.0. The third-order valence-corrected chi connectivity index (χ3v) is 14.4. The zero-order valence-electron chi connectivity index (χ0n) is 47.0. The van der Waals surface area contributed by atoms with Crippen LogP contribution in [0.25, 0.3) is 0 Å². The van der Waals surface area contributed by atoms with Gasteiger partial charge in [0, 0.05) is 25.9 Å². The van der Waals surface area contributed by atoms with E-state index < -0.39 is 144 Å². The Morgan fingerprint density at radius 2 is 0.823 bits per heavy atom. The molecule has 3 fully saturated rings. The van der Waals surface area contributed by atoms with E-state index >= 15 is 0 Å². The fraction of sp³-hybridized carbons (Fsp3) is 0.596. The average Bonchev–Trinajstić information content (AvgIpc) is 4.20. The molecule has 3 heterocycles. The average molecular weight is 1100 g/mol. The highest BCUT2D eigenvalue weighted by atomic mass is 16.4. The molecule has 0 unspecified atom stereocenters. The predicted octanol–water partition coefficient (Wildman–Crippen LogP) is 1.24. The molecule has 5 rings (SSSR count). The summed E-state index contributed by atoms with van der Waals surface area (Å²) in [6.45, 7) is 15.6. The van der Waals surface area contributed by atoms with Crippen molar-refractivity contribution in [2.75, 3.05) is 13.1 Å². The van der Waals surface area contributed by atoms with Crippen LogP contribution in [0.5, 0.6) is 0 Å². The van der Waals surface area contributed by atoms with E-state index in [1.807, 2.05) is 13.8 Å². The molecule has 0 bridgehead atoms. The van der Waals surface area contributed by atoms with Gasteiger partial charge in [-0.05, 0) is 80.2 Å².